The highest BCUT2D eigenvalue weighted by molar-refractivity contribution is 5.69. The highest BCUT2D eigenvalue weighted by Crippen LogP contribution is 2.23. The molecule has 0 heterocycles. The van der Waals surface area contributed by atoms with E-state index in [1.54, 1.807) is 13.3 Å². The molecule has 1 N–H and O–H groups in total. The van der Waals surface area contributed by atoms with Gasteiger partial charge in [-0.3, -0.25) is 4.99 Å². The molecule has 0 aromatic heterocycles. The van der Waals surface area contributed by atoms with Crippen molar-refractivity contribution in [1.82, 2.24) is 0 Å². The summed E-state index contributed by atoms with van der Waals surface area (Å²) in [7, 11) is 1.69. The predicted molar refractivity (Wildman–Crippen MR) is 49.0 cm³/mol. The minimum atomic E-state index is -0.741. The van der Waals surface area contributed by atoms with E-state index in [9.17, 15) is 5.11 Å². The van der Waals surface area contributed by atoms with Crippen molar-refractivity contribution < 1.29 is 5.11 Å². The van der Waals surface area contributed by atoms with Gasteiger partial charge in [-0.05, 0) is 11.8 Å². The fourth-order valence-electron chi connectivity index (χ4n) is 1.17. The molecule has 0 aliphatic carbocycles. The van der Waals surface area contributed by atoms with Crippen LogP contribution < -0.4 is 0 Å². The van der Waals surface area contributed by atoms with Crippen LogP contribution in [-0.2, 0) is 0 Å². The Morgan fingerprint density at radius 3 is 1.64 bits per heavy atom. The van der Waals surface area contributed by atoms with Crippen LogP contribution in [0.2, 0.25) is 0 Å². The molecule has 0 aliphatic rings. The monoisotopic (exact) mass is 157 g/mol. The van der Waals surface area contributed by atoms with Gasteiger partial charge in [0.1, 0.15) is 5.60 Å². The Kier molecular flexibility index (Phi) is 3.73. The summed E-state index contributed by atoms with van der Waals surface area (Å²) >= 11 is 0. The molecule has 0 aliphatic heterocycles. The molecule has 2 nitrogen and oxygen atoms in total. The van der Waals surface area contributed by atoms with E-state index in [0.717, 1.165) is 0 Å². The van der Waals surface area contributed by atoms with Crippen molar-refractivity contribution in [2.45, 2.75) is 33.3 Å². The normalized spacial score (nSPS) is 13.8. The third kappa shape index (κ3) is 2.29. The second kappa shape index (κ2) is 3.86. The van der Waals surface area contributed by atoms with Gasteiger partial charge in [0.15, 0.2) is 0 Å². The van der Waals surface area contributed by atoms with Gasteiger partial charge in [-0.1, -0.05) is 27.7 Å². The third-order valence-electron chi connectivity index (χ3n) is 2.19. The number of hydrogen-bond acceptors (Lipinski definition) is 2. The molecule has 0 atom stereocenters. The van der Waals surface area contributed by atoms with Crippen LogP contribution in [0.15, 0.2) is 4.99 Å². The molecule has 0 bridgehead atoms. The average molecular weight is 157 g/mol. The molecule has 0 saturated heterocycles. The van der Waals surface area contributed by atoms with E-state index in [1.165, 1.54) is 0 Å². The average Bonchev–Trinajstić information content (AvgIpc) is 1.87. The Balaban J connectivity index is 4.52. The van der Waals surface area contributed by atoms with Crippen LogP contribution in [0.5, 0.6) is 0 Å². The number of hydrogen-bond donors (Lipinski definition) is 1. The zero-order valence-electron chi connectivity index (χ0n) is 8.13. The van der Waals surface area contributed by atoms with Gasteiger partial charge in [0.2, 0.25) is 0 Å². The second-order valence-corrected chi connectivity index (χ2v) is 3.58. The van der Waals surface area contributed by atoms with E-state index in [2.05, 4.69) is 4.99 Å². The van der Waals surface area contributed by atoms with Crippen molar-refractivity contribution >= 4 is 6.21 Å². The molecule has 0 spiro atoms. The van der Waals surface area contributed by atoms with Crippen LogP contribution in [0.4, 0.5) is 0 Å². The molecule has 66 valence electrons. The van der Waals surface area contributed by atoms with Crippen LogP contribution in [0.1, 0.15) is 27.7 Å². The quantitative estimate of drug-likeness (QED) is 0.622. The highest BCUT2D eigenvalue weighted by atomic mass is 16.3. The van der Waals surface area contributed by atoms with Crippen molar-refractivity contribution in [3.8, 4) is 0 Å². The topological polar surface area (TPSA) is 32.6 Å². The lowest BCUT2D eigenvalue weighted by atomic mass is 9.81. The van der Waals surface area contributed by atoms with Crippen LogP contribution in [0.25, 0.3) is 0 Å². The summed E-state index contributed by atoms with van der Waals surface area (Å²) in [6, 6.07) is 0. The van der Waals surface area contributed by atoms with Gasteiger partial charge in [-0.25, -0.2) is 0 Å². The van der Waals surface area contributed by atoms with E-state index < -0.39 is 5.60 Å². The molecule has 0 unspecified atom stereocenters. The van der Waals surface area contributed by atoms with Gasteiger partial charge < -0.3 is 5.11 Å². The van der Waals surface area contributed by atoms with Crippen molar-refractivity contribution in [3.63, 3.8) is 0 Å². The van der Waals surface area contributed by atoms with Crippen molar-refractivity contribution in [1.29, 1.82) is 0 Å². The molecule has 0 fully saturated rings. The third-order valence-corrected chi connectivity index (χ3v) is 2.19. The fourth-order valence-corrected chi connectivity index (χ4v) is 1.17. The van der Waals surface area contributed by atoms with Crippen LogP contribution in [0.3, 0.4) is 0 Å². The van der Waals surface area contributed by atoms with Crippen molar-refractivity contribution in [2.24, 2.45) is 16.8 Å². The largest absolute Gasteiger partial charge is 0.384 e. The fraction of sp³-hybridized carbons (Fsp3) is 0.889. The second-order valence-electron chi connectivity index (χ2n) is 3.58. The lowest BCUT2D eigenvalue weighted by molar-refractivity contribution is 0.0242. The summed E-state index contributed by atoms with van der Waals surface area (Å²) in [6.45, 7) is 8.01. The number of aliphatic hydroxyl groups is 1. The summed E-state index contributed by atoms with van der Waals surface area (Å²) in [4.78, 5) is 3.88. The molecule has 2 heteroatoms. The maximum Gasteiger partial charge on any atom is 0.104 e. The Bertz CT molecular complexity index is 130. The first-order chi connectivity index (χ1) is 4.95. The molecular weight excluding hydrogens is 138 g/mol. The van der Waals surface area contributed by atoms with Gasteiger partial charge in [-0.2, -0.15) is 0 Å². The first-order valence-electron chi connectivity index (χ1n) is 4.10. The summed E-state index contributed by atoms with van der Waals surface area (Å²) in [5.41, 5.74) is -0.741. The molecule has 0 saturated carbocycles. The van der Waals surface area contributed by atoms with Crippen molar-refractivity contribution in [2.75, 3.05) is 7.05 Å². The number of aliphatic imine (C=N–C) groups is 1. The maximum absolute atomic E-state index is 10.0. The molecule has 0 amide bonds. The Morgan fingerprint density at radius 2 is 1.55 bits per heavy atom. The first-order valence-corrected chi connectivity index (χ1v) is 4.10. The van der Waals surface area contributed by atoms with E-state index >= 15 is 0 Å². The molecule has 0 aromatic rings. The minimum absolute atomic E-state index is 0.214. The zero-order valence-corrected chi connectivity index (χ0v) is 8.13. The molecule has 0 radical (unpaired) electrons. The van der Waals surface area contributed by atoms with Gasteiger partial charge >= 0.3 is 0 Å². The molecule has 0 rings (SSSR count). The highest BCUT2D eigenvalue weighted by Gasteiger charge is 2.32. The molecule has 11 heavy (non-hydrogen) atoms. The first kappa shape index (κ1) is 10.6. The minimum Gasteiger partial charge on any atom is -0.384 e. The standard InChI is InChI=1S/C9H19NO/c1-7(2)9(11,6-10-5)8(3)4/h6-8,11H,1-5H3. The summed E-state index contributed by atoms with van der Waals surface area (Å²) < 4.78 is 0. The van der Waals surface area contributed by atoms with E-state index in [0.29, 0.717) is 0 Å². The smallest absolute Gasteiger partial charge is 0.104 e. The predicted octanol–water partition coefficient (Wildman–Crippen LogP) is 1.73. The summed E-state index contributed by atoms with van der Waals surface area (Å²) in [5.74, 6) is 0.428. The Labute approximate surface area is 69.3 Å². The van der Waals surface area contributed by atoms with Gasteiger partial charge in [-0.15, -0.1) is 0 Å². The van der Waals surface area contributed by atoms with Crippen LogP contribution in [-0.4, -0.2) is 24.0 Å². The van der Waals surface area contributed by atoms with Gasteiger partial charge in [0.05, 0.1) is 0 Å². The Hall–Kier alpha value is -0.370. The van der Waals surface area contributed by atoms with E-state index in [1.807, 2.05) is 27.7 Å². The lowest BCUT2D eigenvalue weighted by Gasteiger charge is -2.32. The SMILES string of the molecule is CN=CC(O)(C(C)C)C(C)C. The van der Waals surface area contributed by atoms with E-state index in [-0.39, 0.29) is 11.8 Å². The number of nitrogens with zero attached hydrogens (tertiary/aromatic N) is 1. The summed E-state index contributed by atoms with van der Waals surface area (Å²) in [6.07, 6.45) is 1.64. The van der Waals surface area contributed by atoms with Crippen LogP contribution in [0, 0.1) is 11.8 Å². The molecular formula is C9H19NO. The molecule has 0 aromatic carbocycles. The van der Waals surface area contributed by atoms with E-state index in [4.69, 9.17) is 0 Å². The van der Waals surface area contributed by atoms with Gasteiger partial charge in [0.25, 0.3) is 0 Å². The van der Waals surface area contributed by atoms with Gasteiger partial charge in [0, 0.05) is 13.3 Å². The lowest BCUT2D eigenvalue weighted by Crippen LogP contribution is -2.42. The van der Waals surface area contributed by atoms with Crippen LogP contribution >= 0.6 is 0 Å². The zero-order chi connectivity index (χ0) is 9.07. The Morgan fingerprint density at radius 1 is 1.18 bits per heavy atom. The number of rotatable bonds is 3. The summed E-state index contributed by atoms with van der Waals surface area (Å²) in [5, 5.41) is 10.0. The maximum atomic E-state index is 10.0. The van der Waals surface area contributed by atoms with Crippen molar-refractivity contribution in [3.05, 3.63) is 0 Å².